The maximum atomic E-state index is 12.6. The summed E-state index contributed by atoms with van der Waals surface area (Å²) in [6.45, 7) is 4.84. The molecule has 0 spiro atoms. The number of guanidine groups is 1. The molecule has 1 aromatic carbocycles. The molecule has 0 aromatic heterocycles. The highest BCUT2D eigenvalue weighted by molar-refractivity contribution is 5.79. The summed E-state index contributed by atoms with van der Waals surface area (Å²) < 4.78 is 37.7. The van der Waals surface area contributed by atoms with Crippen LogP contribution in [0.3, 0.4) is 0 Å². The number of halogens is 3. The third kappa shape index (κ3) is 5.48. The fourth-order valence-corrected chi connectivity index (χ4v) is 1.47. The molecule has 7 heteroatoms. The average Bonchev–Trinajstić information content (AvgIpc) is 2.38. The summed E-state index contributed by atoms with van der Waals surface area (Å²) in [7, 11) is 0. The summed E-state index contributed by atoms with van der Waals surface area (Å²) in [4.78, 5) is 4.11. The number of hydrogen-bond donors (Lipinski definition) is 3. The van der Waals surface area contributed by atoms with E-state index in [9.17, 15) is 13.2 Å². The first-order chi connectivity index (χ1) is 9.32. The van der Waals surface area contributed by atoms with Gasteiger partial charge in [-0.05, 0) is 23.6 Å². The Morgan fingerprint density at radius 2 is 2.05 bits per heavy atom. The van der Waals surface area contributed by atoms with Crippen LogP contribution in [-0.4, -0.2) is 12.5 Å². The molecule has 0 unspecified atom stereocenters. The Kier molecular flexibility index (Phi) is 5.82. The van der Waals surface area contributed by atoms with Gasteiger partial charge >= 0.3 is 6.18 Å². The minimum absolute atomic E-state index is 0.120. The zero-order chi connectivity index (χ0) is 15.2. The molecule has 0 heterocycles. The van der Waals surface area contributed by atoms with Gasteiger partial charge in [-0.25, -0.2) is 10.8 Å². The van der Waals surface area contributed by atoms with Crippen molar-refractivity contribution in [3.63, 3.8) is 0 Å². The van der Waals surface area contributed by atoms with E-state index in [4.69, 9.17) is 5.84 Å². The Bertz CT molecular complexity index is 455. The van der Waals surface area contributed by atoms with Crippen LogP contribution in [0, 0.1) is 5.92 Å². The minimum Gasteiger partial charge on any atom is -0.355 e. The van der Waals surface area contributed by atoms with Crippen LogP contribution in [0.2, 0.25) is 0 Å². The number of hydrazine groups is 1. The molecule has 0 atom stereocenters. The van der Waals surface area contributed by atoms with Crippen molar-refractivity contribution in [2.24, 2.45) is 16.8 Å². The fourth-order valence-electron chi connectivity index (χ4n) is 1.47. The molecule has 0 radical (unpaired) electrons. The fraction of sp³-hybridized carbons (Fsp3) is 0.462. The first kappa shape index (κ1) is 16.3. The normalized spacial score (nSPS) is 12.7. The molecule has 0 saturated carbocycles. The molecule has 4 nitrogen and oxygen atoms in total. The SMILES string of the molecule is CC(C)CNC(=NCc1cccc(C(F)(F)F)c1)NN. The predicted octanol–water partition coefficient (Wildman–Crippen LogP) is 2.27. The van der Waals surface area contributed by atoms with Gasteiger partial charge in [0.25, 0.3) is 0 Å². The van der Waals surface area contributed by atoms with Crippen LogP contribution in [0.5, 0.6) is 0 Å². The smallest absolute Gasteiger partial charge is 0.355 e. The third-order valence-corrected chi connectivity index (χ3v) is 2.49. The Morgan fingerprint density at radius 1 is 1.35 bits per heavy atom. The molecule has 20 heavy (non-hydrogen) atoms. The maximum absolute atomic E-state index is 12.6. The van der Waals surface area contributed by atoms with Gasteiger partial charge in [0.05, 0.1) is 12.1 Å². The molecule has 4 N–H and O–H groups in total. The molecule has 1 aromatic rings. The Hall–Kier alpha value is -1.76. The second-order valence-electron chi connectivity index (χ2n) is 4.78. The van der Waals surface area contributed by atoms with Gasteiger partial charge in [0.2, 0.25) is 5.96 Å². The van der Waals surface area contributed by atoms with E-state index in [1.807, 2.05) is 13.8 Å². The summed E-state index contributed by atoms with van der Waals surface area (Å²) in [5, 5.41) is 2.98. The molecule has 0 bridgehead atoms. The number of nitrogens with two attached hydrogens (primary N) is 1. The summed E-state index contributed by atoms with van der Waals surface area (Å²) in [5.41, 5.74) is 2.18. The highest BCUT2D eigenvalue weighted by atomic mass is 19.4. The minimum atomic E-state index is -4.34. The summed E-state index contributed by atoms with van der Waals surface area (Å²) in [6.07, 6.45) is -4.34. The first-order valence-corrected chi connectivity index (χ1v) is 6.24. The van der Waals surface area contributed by atoms with Gasteiger partial charge in [0, 0.05) is 6.54 Å². The van der Waals surface area contributed by atoms with Crippen molar-refractivity contribution in [1.29, 1.82) is 0 Å². The van der Waals surface area contributed by atoms with E-state index in [0.29, 0.717) is 24.0 Å². The third-order valence-electron chi connectivity index (χ3n) is 2.49. The zero-order valence-electron chi connectivity index (χ0n) is 11.5. The average molecular weight is 288 g/mol. The number of benzene rings is 1. The lowest BCUT2D eigenvalue weighted by Gasteiger charge is -2.11. The van der Waals surface area contributed by atoms with Crippen LogP contribution in [0.4, 0.5) is 13.2 Å². The van der Waals surface area contributed by atoms with Crippen LogP contribution < -0.4 is 16.6 Å². The molecule has 0 aliphatic rings. The molecular formula is C13H19F3N4. The van der Waals surface area contributed by atoms with Crippen molar-refractivity contribution in [3.05, 3.63) is 35.4 Å². The van der Waals surface area contributed by atoms with Crippen LogP contribution in [0.1, 0.15) is 25.0 Å². The highest BCUT2D eigenvalue weighted by Crippen LogP contribution is 2.29. The molecule has 0 amide bonds. The van der Waals surface area contributed by atoms with Gasteiger partial charge in [-0.15, -0.1) is 0 Å². The van der Waals surface area contributed by atoms with Crippen LogP contribution in [0.25, 0.3) is 0 Å². The summed E-state index contributed by atoms with van der Waals surface area (Å²) >= 11 is 0. The standard InChI is InChI=1S/C13H19F3N4/c1-9(2)7-18-12(20-17)19-8-10-4-3-5-11(6-10)13(14,15)16/h3-6,9H,7-8,17H2,1-2H3,(H2,18,19,20). The number of nitrogens with one attached hydrogen (secondary N) is 2. The summed E-state index contributed by atoms with van der Waals surface area (Å²) in [5.74, 6) is 6.06. The van der Waals surface area contributed by atoms with Crippen molar-refractivity contribution in [1.82, 2.24) is 10.7 Å². The molecule has 1 rings (SSSR count). The molecule has 0 fully saturated rings. The highest BCUT2D eigenvalue weighted by Gasteiger charge is 2.30. The Balaban J connectivity index is 2.72. The van der Waals surface area contributed by atoms with Crippen molar-refractivity contribution >= 4 is 5.96 Å². The zero-order valence-corrected chi connectivity index (χ0v) is 11.5. The second kappa shape index (κ2) is 7.14. The molecular weight excluding hydrogens is 269 g/mol. The van der Waals surface area contributed by atoms with Gasteiger partial charge in [0.15, 0.2) is 0 Å². The molecule has 112 valence electrons. The quantitative estimate of drug-likeness (QED) is 0.345. The number of rotatable bonds is 4. The largest absolute Gasteiger partial charge is 0.416 e. The van der Waals surface area contributed by atoms with E-state index in [2.05, 4.69) is 15.7 Å². The van der Waals surface area contributed by atoms with Crippen molar-refractivity contribution < 1.29 is 13.2 Å². The van der Waals surface area contributed by atoms with E-state index in [-0.39, 0.29) is 6.54 Å². The van der Waals surface area contributed by atoms with Gasteiger partial charge in [-0.2, -0.15) is 13.2 Å². The number of nitrogens with zero attached hydrogens (tertiary/aromatic N) is 1. The molecule has 0 saturated heterocycles. The number of alkyl halides is 3. The van der Waals surface area contributed by atoms with E-state index in [1.54, 1.807) is 6.07 Å². The molecule has 0 aliphatic carbocycles. The predicted molar refractivity (Wildman–Crippen MR) is 72.7 cm³/mol. The van der Waals surface area contributed by atoms with Gasteiger partial charge < -0.3 is 5.32 Å². The van der Waals surface area contributed by atoms with E-state index < -0.39 is 11.7 Å². The van der Waals surface area contributed by atoms with Crippen LogP contribution in [0.15, 0.2) is 29.3 Å². The van der Waals surface area contributed by atoms with E-state index in [0.717, 1.165) is 12.1 Å². The van der Waals surface area contributed by atoms with Crippen molar-refractivity contribution in [2.45, 2.75) is 26.6 Å². The number of aliphatic imine (C=N–C) groups is 1. The Morgan fingerprint density at radius 3 is 2.60 bits per heavy atom. The lowest BCUT2D eigenvalue weighted by Crippen LogP contribution is -2.42. The van der Waals surface area contributed by atoms with Crippen LogP contribution in [-0.2, 0) is 12.7 Å². The maximum Gasteiger partial charge on any atom is 0.416 e. The monoisotopic (exact) mass is 288 g/mol. The van der Waals surface area contributed by atoms with Crippen molar-refractivity contribution in [2.75, 3.05) is 6.54 Å². The molecule has 0 aliphatic heterocycles. The lowest BCUT2D eigenvalue weighted by molar-refractivity contribution is -0.137. The van der Waals surface area contributed by atoms with Gasteiger partial charge in [-0.1, -0.05) is 26.0 Å². The van der Waals surface area contributed by atoms with E-state index in [1.165, 1.54) is 6.07 Å². The summed E-state index contributed by atoms with van der Waals surface area (Å²) in [6, 6.07) is 5.08. The Labute approximate surface area is 116 Å². The first-order valence-electron chi connectivity index (χ1n) is 6.24. The van der Waals surface area contributed by atoms with Crippen molar-refractivity contribution in [3.8, 4) is 0 Å². The van der Waals surface area contributed by atoms with Gasteiger partial charge in [0.1, 0.15) is 0 Å². The lowest BCUT2D eigenvalue weighted by atomic mass is 10.1. The van der Waals surface area contributed by atoms with Gasteiger partial charge in [-0.3, -0.25) is 5.43 Å². The van der Waals surface area contributed by atoms with Crippen LogP contribution >= 0.6 is 0 Å². The second-order valence-corrected chi connectivity index (χ2v) is 4.78. The van der Waals surface area contributed by atoms with E-state index >= 15 is 0 Å². The number of hydrogen-bond acceptors (Lipinski definition) is 2. The topological polar surface area (TPSA) is 62.4 Å².